The molecule has 0 unspecified atom stereocenters. The number of hydrogen-bond donors (Lipinski definition) is 1. The van der Waals surface area contributed by atoms with E-state index in [1.165, 1.54) is 11.4 Å². The van der Waals surface area contributed by atoms with Gasteiger partial charge in [-0.25, -0.2) is 8.42 Å². The number of ether oxygens (including phenoxy) is 3. The average molecular weight is 483 g/mol. The lowest BCUT2D eigenvalue weighted by Crippen LogP contribution is -2.35. The minimum Gasteiger partial charge on any atom is -0.497 e. The number of methoxy groups -OCH3 is 2. The Kier molecular flexibility index (Phi) is 6.93. The number of amides is 1. The zero-order valence-corrected chi connectivity index (χ0v) is 19.8. The molecule has 0 saturated heterocycles. The molecule has 178 valence electrons. The smallest absolute Gasteiger partial charge is 0.264 e. The van der Waals surface area contributed by atoms with Gasteiger partial charge < -0.3 is 19.5 Å². The molecule has 1 aliphatic rings. The number of benzene rings is 3. The number of carbonyl (C=O) groups is 1. The van der Waals surface area contributed by atoms with E-state index in [0.29, 0.717) is 48.0 Å². The predicted molar refractivity (Wildman–Crippen MR) is 129 cm³/mol. The van der Waals surface area contributed by atoms with Crippen molar-refractivity contribution >= 4 is 27.3 Å². The molecule has 0 aromatic heterocycles. The number of fused-ring (bicyclic) bond motifs is 1. The summed E-state index contributed by atoms with van der Waals surface area (Å²) in [7, 11) is -0.627. The third kappa shape index (κ3) is 5.09. The summed E-state index contributed by atoms with van der Waals surface area (Å²) in [5, 5.41) is 2.81. The Bertz CT molecular complexity index is 1270. The summed E-state index contributed by atoms with van der Waals surface area (Å²) in [6, 6.07) is 18.6. The van der Waals surface area contributed by atoms with Crippen molar-refractivity contribution in [3.8, 4) is 17.2 Å². The first-order chi connectivity index (χ1) is 16.4. The predicted octanol–water partition coefficient (Wildman–Crippen LogP) is 3.86. The summed E-state index contributed by atoms with van der Waals surface area (Å²) in [4.78, 5) is 12.6. The average Bonchev–Trinajstić information content (AvgIpc) is 2.87. The third-order valence-corrected chi connectivity index (χ3v) is 7.33. The topological polar surface area (TPSA) is 94.2 Å². The molecule has 34 heavy (non-hydrogen) atoms. The van der Waals surface area contributed by atoms with E-state index in [2.05, 4.69) is 5.32 Å². The van der Waals surface area contributed by atoms with E-state index in [0.717, 1.165) is 5.56 Å². The van der Waals surface area contributed by atoms with Gasteiger partial charge in [-0.2, -0.15) is 0 Å². The van der Waals surface area contributed by atoms with Gasteiger partial charge in [0, 0.05) is 18.3 Å². The highest BCUT2D eigenvalue weighted by molar-refractivity contribution is 7.92. The van der Waals surface area contributed by atoms with Crippen molar-refractivity contribution in [1.82, 2.24) is 0 Å². The Morgan fingerprint density at radius 3 is 2.41 bits per heavy atom. The number of sulfonamides is 1. The van der Waals surface area contributed by atoms with Gasteiger partial charge in [0.2, 0.25) is 0 Å². The van der Waals surface area contributed by atoms with Crippen molar-refractivity contribution in [1.29, 1.82) is 0 Å². The van der Waals surface area contributed by atoms with E-state index >= 15 is 0 Å². The second kappa shape index (κ2) is 10.0. The van der Waals surface area contributed by atoms with Crippen LogP contribution in [0.25, 0.3) is 0 Å². The summed E-state index contributed by atoms with van der Waals surface area (Å²) in [5.41, 5.74) is 2.06. The fourth-order valence-electron chi connectivity index (χ4n) is 3.80. The van der Waals surface area contributed by atoms with Gasteiger partial charge >= 0.3 is 0 Å². The first kappa shape index (κ1) is 23.4. The number of nitrogens with zero attached hydrogens (tertiary/aromatic N) is 1. The number of carbonyl (C=O) groups excluding carboxylic acids is 1. The monoisotopic (exact) mass is 482 g/mol. The van der Waals surface area contributed by atoms with Gasteiger partial charge in [0.05, 0.1) is 24.8 Å². The minimum atomic E-state index is -3.72. The lowest BCUT2D eigenvalue weighted by Gasteiger charge is -2.31. The number of aryl methyl sites for hydroxylation is 1. The van der Waals surface area contributed by atoms with Gasteiger partial charge in [-0.05, 0) is 73.0 Å². The Morgan fingerprint density at radius 1 is 0.941 bits per heavy atom. The van der Waals surface area contributed by atoms with Crippen molar-refractivity contribution in [3.63, 3.8) is 0 Å². The maximum Gasteiger partial charge on any atom is 0.264 e. The molecule has 1 heterocycles. The lowest BCUT2D eigenvalue weighted by atomic mass is 10.0. The van der Waals surface area contributed by atoms with E-state index in [1.54, 1.807) is 67.8 Å². The van der Waals surface area contributed by atoms with Gasteiger partial charge in [0.25, 0.3) is 15.9 Å². The van der Waals surface area contributed by atoms with E-state index in [9.17, 15) is 13.2 Å². The summed E-state index contributed by atoms with van der Waals surface area (Å²) >= 11 is 0. The molecule has 0 saturated carbocycles. The molecule has 4 rings (SSSR count). The van der Waals surface area contributed by atoms with Crippen LogP contribution >= 0.6 is 0 Å². The zero-order chi connectivity index (χ0) is 24.1. The molecule has 3 aromatic carbocycles. The van der Waals surface area contributed by atoms with Gasteiger partial charge in [0.15, 0.2) is 6.61 Å². The van der Waals surface area contributed by atoms with Gasteiger partial charge in [-0.1, -0.05) is 6.07 Å². The standard InChI is InChI=1S/C25H26N2O6S/c1-31-20-9-11-23(12-10-20)34(29,30)27-14-4-5-18-15-19(8-13-24(18)27)26-25(28)17-33-22-7-3-6-21(16-22)32-2/h3,6-13,15-16H,4-5,14,17H2,1-2H3,(H,26,28). The second-order valence-corrected chi connectivity index (χ2v) is 9.58. The van der Waals surface area contributed by atoms with Crippen LogP contribution in [0.2, 0.25) is 0 Å². The van der Waals surface area contributed by atoms with Crippen LogP contribution in [0.1, 0.15) is 12.0 Å². The first-order valence-electron chi connectivity index (χ1n) is 10.8. The highest BCUT2D eigenvalue weighted by Crippen LogP contribution is 2.34. The number of rotatable bonds is 8. The largest absolute Gasteiger partial charge is 0.497 e. The number of nitrogens with one attached hydrogen (secondary N) is 1. The fourth-order valence-corrected chi connectivity index (χ4v) is 5.34. The molecule has 0 aliphatic carbocycles. The highest BCUT2D eigenvalue weighted by atomic mass is 32.2. The Morgan fingerprint density at radius 2 is 1.68 bits per heavy atom. The SMILES string of the molecule is COc1ccc(S(=O)(=O)N2CCCc3cc(NC(=O)COc4cccc(OC)c4)ccc32)cc1. The molecule has 9 heteroatoms. The van der Waals surface area contributed by atoms with Crippen molar-refractivity contribution in [2.24, 2.45) is 0 Å². The second-order valence-electron chi connectivity index (χ2n) is 7.72. The summed E-state index contributed by atoms with van der Waals surface area (Å²) in [6.07, 6.45) is 1.40. The third-order valence-electron chi connectivity index (χ3n) is 5.50. The lowest BCUT2D eigenvalue weighted by molar-refractivity contribution is -0.118. The number of anilines is 2. The molecule has 1 N–H and O–H groups in total. The van der Waals surface area contributed by atoms with Crippen LogP contribution in [0.15, 0.2) is 71.6 Å². The van der Waals surface area contributed by atoms with Crippen molar-refractivity contribution in [3.05, 3.63) is 72.3 Å². The normalized spacial score (nSPS) is 13.1. The minimum absolute atomic E-state index is 0.164. The van der Waals surface area contributed by atoms with Gasteiger partial charge in [0.1, 0.15) is 17.2 Å². The van der Waals surface area contributed by atoms with E-state index in [-0.39, 0.29) is 17.4 Å². The Labute approximate surface area is 199 Å². The quantitative estimate of drug-likeness (QED) is 0.524. The van der Waals surface area contributed by atoms with E-state index < -0.39 is 10.0 Å². The van der Waals surface area contributed by atoms with E-state index in [4.69, 9.17) is 14.2 Å². The summed E-state index contributed by atoms with van der Waals surface area (Å²) < 4.78 is 43.8. The van der Waals surface area contributed by atoms with Crippen molar-refractivity contribution < 1.29 is 27.4 Å². The summed E-state index contributed by atoms with van der Waals surface area (Å²) in [5.74, 6) is 1.44. The molecular weight excluding hydrogens is 456 g/mol. The van der Waals surface area contributed by atoms with Crippen LogP contribution in [-0.4, -0.2) is 41.7 Å². The maximum absolute atomic E-state index is 13.3. The van der Waals surface area contributed by atoms with Crippen LogP contribution in [0.4, 0.5) is 11.4 Å². The number of hydrogen-bond acceptors (Lipinski definition) is 6. The molecule has 0 radical (unpaired) electrons. The molecule has 8 nitrogen and oxygen atoms in total. The zero-order valence-electron chi connectivity index (χ0n) is 19.0. The molecule has 0 atom stereocenters. The Balaban J connectivity index is 1.46. The van der Waals surface area contributed by atoms with Crippen molar-refractivity contribution in [2.45, 2.75) is 17.7 Å². The molecule has 3 aromatic rings. The first-order valence-corrected chi connectivity index (χ1v) is 12.2. The van der Waals surface area contributed by atoms with Crippen molar-refractivity contribution in [2.75, 3.05) is 37.0 Å². The highest BCUT2D eigenvalue weighted by Gasteiger charge is 2.29. The molecule has 1 aliphatic heterocycles. The Hall–Kier alpha value is -3.72. The molecule has 1 amide bonds. The molecular formula is C25H26N2O6S. The van der Waals surface area contributed by atoms with Gasteiger partial charge in [-0.3, -0.25) is 9.10 Å². The summed E-state index contributed by atoms with van der Waals surface area (Å²) in [6.45, 7) is 0.226. The van der Waals surface area contributed by atoms with Gasteiger partial charge in [-0.15, -0.1) is 0 Å². The fraction of sp³-hybridized carbons (Fsp3) is 0.240. The van der Waals surface area contributed by atoms with Crippen LogP contribution in [0, 0.1) is 0 Å². The van der Waals surface area contributed by atoms with Crippen LogP contribution in [0.5, 0.6) is 17.2 Å². The van der Waals surface area contributed by atoms with Crippen LogP contribution < -0.4 is 23.8 Å². The van der Waals surface area contributed by atoms with E-state index in [1.807, 2.05) is 6.07 Å². The molecule has 0 bridgehead atoms. The van der Waals surface area contributed by atoms with Crippen LogP contribution in [-0.2, 0) is 21.2 Å². The molecule has 0 fully saturated rings. The van der Waals surface area contributed by atoms with Crippen LogP contribution in [0.3, 0.4) is 0 Å². The molecule has 0 spiro atoms. The maximum atomic E-state index is 13.3.